The molecule has 5 aromatic rings. The van der Waals surface area contributed by atoms with E-state index in [2.05, 4.69) is 20.5 Å². The molecule has 8 rings (SSSR count). The molecule has 18 heteroatoms. The minimum absolute atomic E-state index is 0.142. The average Bonchev–Trinajstić information content (AvgIpc) is 3.74. The van der Waals surface area contributed by atoms with Crippen LogP contribution in [0.3, 0.4) is 0 Å². The minimum atomic E-state index is -4.66. The van der Waals surface area contributed by atoms with Gasteiger partial charge in [-0.25, -0.2) is 14.2 Å². The number of hydrogen-bond acceptors (Lipinski definition) is 10. The Morgan fingerprint density at radius 3 is 2.49 bits per heavy atom. The van der Waals surface area contributed by atoms with Crippen LogP contribution in [0.5, 0.6) is 0 Å². The molecule has 1 aliphatic carbocycles. The van der Waals surface area contributed by atoms with Gasteiger partial charge in [-0.05, 0) is 95.7 Å². The molecule has 324 valence electrons. The Balaban J connectivity index is 0.900. The highest BCUT2D eigenvalue weighted by Gasteiger charge is 2.37. The van der Waals surface area contributed by atoms with Crippen LogP contribution < -0.4 is 21.2 Å². The number of carbonyl (C=O) groups is 3. The molecular weight excluding hydrogens is 817 g/mol. The number of hydrogen-bond donors (Lipinski definition) is 3. The van der Waals surface area contributed by atoms with Crippen molar-refractivity contribution in [2.45, 2.75) is 94.7 Å². The average molecular weight is 865 g/mol. The number of amides is 3. The lowest BCUT2D eigenvalue weighted by Crippen LogP contribution is -2.52. The van der Waals surface area contributed by atoms with Gasteiger partial charge in [0.15, 0.2) is 0 Å². The largest absolute Gasteiger partial charge is 0.417 e. The second kappa shape index (κ2) is 16.2. The number of piperidine rings is 2. The van der Waals surface area contributed by atoms with Gasteiger partial charge in [0.05, 0.1) is 55.2 Å². The van der Waals surface area contributed by atoms with Gasteiger partial charge in [-0.3, -0.25) is 33.8 Å². The number of nitrogens with zero attached hydrogens (tertiary/aromatic N) is 6. The smallest absolute Gasteiger partial charge is 0.386 e. The Hall–Kier alpha value is -5.20. The number of anilines is 2. The number of halogens is 4. The molecule has 5 heterocycles. The van der Waals surface area contributed by atoms with Crippen molar-refractivity contribution in [1.29, 1.82) is 0 Å². The topological polar surface area (TPSA) is 155 Å². The van der Waals surface area contributed by atoms with Crippen molar-refractivity contribution in [3.8, 4) is 0 Å². The number of fused-ring (bicyclic) bond motifs is 2. The summed E-state index contributed by atoms with van der Waals surface area (Å²) < 4.78 is 59.8. The number of imidazole rings is 1. The van der Waals surface area contributed by atoms with E-state index >= 15 is 4.39 Å². The standard InChI is InChI=1S/C43H48F4N8O5S/c1-42(2,60)27-17-30-35(18-29(27)49-38(57)25-16-26(20-48-19-25)43(45,46)47)61-40(50-30)24-10-8-23(9-11-24)21-52(3)31-14-15-54(22-28(31)44)32-6-5-7-33-37(32)53(4)41(59)55(33)34-12-13-36(56)51-39(34)58/h5-7,16-20,23-24,28,31,34,60H,8-15,21-22H2,1-4H3,(H,49,57)(H,51,56,58)/t23?,24?,28-,31-,34?/m0/s1. The van der Waals surface area contributed by atoms with Crippen LogP contribution in [0.4, 0.5) is 28.9 Å². The molecule has 2 aromatic carbocycles. The second-order valence-corrected chi connectivity index (χ2v) is 18.3. The highest BCUT2D eigenvalue weighted by atomic mass is 32.1. The van der Waals surface area contributed by atoms with Crippen LogP contribution in [0.2, 0.25) is 0 Å². The quantitative estimate of drug-likeness (QED) is 0.109. The van der Waals surface area contributed by atoms with Crippen molar-refractivity contribution in [2.75, 3.05) is 36.9 Å². The van der Waals surface area contributed by atoms with Gasteiger partial charge in [-0.1, -0.05) is 6.07 Å². The van der Waals surface area contributed by atoms with Gasteiger partial charge in [0.25, 0.3) is 5.91 Å². The number of nitrogens with one attached hydrogen (secondary N) is 2. The summed E-state index contributed by atoms with van der Waals surface area (Å²) in [5.74, 6) is -1.09. The van der Waals surface area contributed by atoms with E-state index in [0.29, 0.717) is 47.2 Å². The van der Waals surface area contributed by atoms with Crippen LogP contribution in [0.1, 0.15) is 97.2 Å². The molecule has 0 radical (unpaired) electrons. The molecule has 61 heavy (non-hydrogen) atoms. The molecule has 3 aliphatic rings. The highest BCUT2D eigenvalue weighted by molar-refractivity contribution is 7.18. The third kappa shape index (κ3) is 8.41. The van der Waals surface area contributed by atoms with Crippen molar-refractivity contribution >= 4 is 61.7 Å². The normalized spacial score (nSPS) is 22.9. The lowest BCUT2D eigenvalue weighted by atomic mass is 9.81. The summed E-state index contributed by atoms with van der Waals surface area (Å²) in [6.45, 7) is 4.60. The lowest BCUT2D eigenvalue weighted by molar-refractivity contribution is -0.138. The molecular formula is C43H48F4N8O5S. The van der Waals surface area contributed by atoms with Crippen molar-refractivity contribution in [1.82, 2.24) is 29.3 Å². The SMILES string of the molecule is CN(CC1CCC(c2nc3cc(C(C)(C)O)c(NC(=O)c4cncc(C(F)(F)F)c4)cc3s2)CC1)[C@H]1CCN(c2cccc3c2n(C)c(=O)n3C2CCC(=O)NC2=O)C[C@@H]1F. The van der Waals surface area contributed by atoms with E-state index in [1.807, 2.05) is 24.1 Å². The van der Waals surface area contributed by atoms with E-state index in [1.54, 1.807) is 39.1 Å². The Morgan fingerprint density at radius 1 is 1.05 bits per heavy atom. The van der Waals surface area contributed by atoms with E-state index in [0.717, 1.165) is 59.9 Å². The van der Waals surface area contributed by atoms with Gasteiger partial charge in [0.2, 0.25) is 11.8 Å². The number of carbonyl (C=O) groups excluding carboxylic acids is 3. The second-order valence-electron chi connectivity index (χ2n) is 17.2. The maximum absolute atomic E-state index is 16.2. The molecule has 3 atom stereocenters. The molecule has 0 bridgehead atoms. The molecule has 2 saturated heterocycles. The number of rotatable bonds is 9. The number of aliphatic hydroxyl groups is 1. The number of aryl methyl sites for hydroxylation is 1. The fourth-order valence-corrected chi connectivity index (χ4v) is 10.5. The predicted octanol–water partition coefficient (Wildman–Crippen LogP) is 6.64. The summed E-state index contributed by atoms with van der Waals surface area (Å²) in [6.07, 6.45) is 0.517. The van der Waals surface area contributed by atoms with Crippen molar-refractivity contribution in [3.05, 3.63) is 81.0 Å². The summed E-state index contributed by atoms with van der Waals surface area (Å²) in [5.41, 5.74) is 0.154. The molecule has 1 unspecified atom stereocenters. The van der Waals surface area contributed by atoms with Crippen LogP contribution in [0, 0.1) is 5.92 Å². The zero-order valence-corrected chi connectivity index (χ0v) is 35.1. The number of imide groups is 1. The summed E-state index contributed by atoms with van der Waals surface area (Å²) in [6, 6.07) is 8.55. The first-order chi connectivity index (χ1) is 28.9. The first kappa shape index (κ1) is 42.5. The summed E-state index contributed by atoms with van der Waals surface area (Å²) >= 11 is 1.49. The Morgan fingerprint density at radius 2 is 1.80 bits per heavy atom. The van der Waals surface area contributed by atoms with Crippen molar-refractivity contribution in [3.63, 3.8) is 0 Å². The Labute approximate surface area is 352 Å². The molecule has 2 aliphatic heterocycles. The van der Waals surface area contributed by atoms with Crippen LogP contribution in [0.25, 0.3) is 21.3 Å². The van der Waals surface area contributed by atoms with Gasteiger partial charge in [-0.2, -0.15) is 13.2 Å². The number of benzene rings is 2. The van der Waals surface area contributed by atoms with Gasteiger partial charge in [0, 0.05) is 62.2 Å². The van der Waals surface area contributed by atoms with E-state index in [1.165, 1.54) is 20.5 Å². The van der Waals surface area contributed by atoms with Gasteiger partial charge >= 0.3 is 11.9 Å². The molecule has 3 N–H and O–H groups in total. The zero-order valence-electron chi connectivity index (χ0n) is 34.3. The maximum atomic E-state index is 16.2. The predicted molar refractivity (Wildman–Crippen MR) is 223 cm³/mol. The molecule has 0 spiro atoms. The maximum Gasteiger partial charge on any atom is 0.417 e. The lowest BCUT2D eigenvalue weighted by Gasteiger charge is -2.42. The molecule has 1 saturated carbocycles. The Bertz CT molecular complexity index is 2570. The highest BCUT2D eigenvalue weighted by Crippen LogP contribution is 2.42. The van der Waals surface area contributed by atoms with Gasteiger partial charge in [-0.15, -0.1) is 11.3 Å². The van der Waals surface area contributed by atoms with E-state index in [9.17, 15) is 37.5 Å². The Kier molecular flexibility index (Phi) is 11.3. The minimum Gasteiger partial charge on any atom is -0.386 e. The van der Waals surface area contributed by atoms with E-state index in [-0.39, 0.29) is 54.2 Å². The number of alkyl halides is 4. The van der Waals surface area contributed by atoms with Crippen molar-refractivity contribution < 1.29 is 37.1 Å². The van der Waals surface area contributed by atoms with Crippen LogP contribution in [-0.4, -0.2) is 85.7 Å². The van der Waals surface area contributed by atoms with Crippen LogP contribution in [0.15, 0.2) is 53.6 Å². The number of para-hydroxylation sites is 1. The molecule has 3 aromatic heterocycles. The van der Waals surface area contributed by atoms with Crippen LogP contribution in [-0.2, 0) is 28.4 Å². The molecule has 13 nitrogen and oxygen atoms in total. The molecule has 3 amide bonds. The summed E-state index contributed by atoms with van der Waals surface area (Å²) in [5, 5.41) is 17.0. The third-order valence-corrected chi connectivity index (χ3v) is 13.7. The number of aromatic nitrogens is 4. The van der Waals surface area contributed by atoms with Gasteiger partial charge < -0.3 is 20.2 Å². The molecule has 3 fully saturated rings. The van der Waals surface area contributed by atoms with Gasteiger partial charge in [0.1, 0.15) is 12.2 Å². The number of thiazole rings is 1. The first-order valence-electron chi connectivity index (χ1n) is 20.5. The number of pyridine rings is 1. The third-order valence-electron chi connectivity index (χ3n) is 12.5. The first-order valence-corrected chi connectivity index (χ1v) is 21.3. The van der Waals surface area contributed by atoms with Crippen LogP contribution >= 0.6 is 11.3 Å². The monoisotopic (exact) mass is 864 g/mol. The fraction of sp³-hybridized carbons (Fsp3) is 0.488. The zero-order chi connectivity index (χ0) is 43.5. The van der Waals surface area contributed by atoms with E-state index < -0.39 is 41.4 Å². The fourth-order valence-electron chi connectivity index (χ4n) is 9.33. The van der Waals surface area contributed by atoms with Crippen molar-refractivity contribution in [2.24, 2.45) is 13.0 Å². The summed E-state index contributed by atoms with van der Waals surface area (Å²) in [4.78, 5) is 63.7. The summed E-state index contributed by atoms with van der Waals surface area (Å²) in [7, 11) is 3.63. The van der Waals surface area contributed by atoms with E-state index in [4.69, 9.17) is 4.98 Å².